The molecule has 0 bridgehead atoms. The lowest BCUT2D eigenvalue weighted by Crippen LogP contribution is -2.23. The Labute approximate surface area is 115 Å². The highest BCUT2D eigenvalue weighted by Gasteiger charge is 2.44. The van der Waals surface area contributed by atoms with Gasteiger partial charge in [0.2, 0.25) is 0 Å². The van der Waals surface area contributed by atoms with E-state index in [4.69, 9.17) is 0 Å². The normalized spacial score (nSPS) is 40.8. The zero-order valence-electron chi connectivity index (χ0n) is 13.0. The Morgan fingerprint density at radius 1 is 0.611 bits per heavy atom. The van der Waals surface area contributed by atoms with Crippen LogP contribution in [0.15, 0.2) is 0 Å². The third-order valence-electron chi connectivity index (χ3n) is 6.15. The molecular formula is C18H34. The van der Waals surface area contributed by atoms with Gasteiger partial charge in [0.25, 0.3) is 0 Å². The van der Waals surface area contributed by atoms with Gasteiger partial charge < -0.3 is 0 Å². The summed E-state index contributed by atoms with van der Waals surface area (Å²) in [6.07, 6.45) is 15.5. The maximum atomic E-state index is 2.59. The molecule has 3 saturated carbocycles. The van der Waals surface area contributed by atoms with Crippen LogP contribution in [0.4, 0.5) is 0 Å². The average molecular weight is 250 g/mol. The van der Waals surface area contributed by atoms with E-state index in [0.29, 0.717) is 0 Å². The zero-order valence-corrected chi connectivity index (χ0v) is 13.0. The lowest BCUT2D eigenvalue weighted by molar-refractivity contribution is 0.183. The lowest BCUT2D eigenvalue weighted by atomic mass is 9.74. The summed E-state index contributed by atoms with van der Waals surface area (Å²) in [6.45, 7) is 6.59. The Bertz CT molecular complexity index is 226. The van der Waals surface area contributed by atoms with E-state index in [-0.39, 0.29) is 0 Å². The molecule has 3 aliphatic rings. The van der Waals surface area contributed by atoms with Gasteiger partial charge in [-0.1, -0.05) is 72.1 Å². The Balaban J connectivity index is 0.000000574. The molecule has 0 aromatic rings. The lowest BCUT2D eigenvalue weighted by Gasteiger charge is -2.32. The molecule has 4 unspecified atom stereocenters. The first-order valence-corrected chi connectivity index (χ1v) is 8.86. The summed E-state index contributed by atoms with van der Waals surface area (Å²) < 4.78 is 0. The topological polar surface area (TPSA) is 0 Å². The van der Waals surface area contributed by atoms with Crippen molar-refractivity contribution in [2.45, 2.75) is 85.0 Å². The van der Waals surface area contributed by atoms with Crippen molar-refractivity contribution >= 4 is 0 Å². The van der Waals surface area contributed by atoms with E-state index >= 15 is 0 Å². The largest absolute Gasteiger partial charge is 0.0683 e. The van der Waals surface area contributed by atoms with Crippen molar-refractivity contribution in [2.75, 3.05) is 0 Å². The van der Waals surface area contributed by atoms with Crippen molar-refractivity contribution in [3.63, 3.8) is 0 Å². The van der Waals surface area contributed by atoms with Crippen molar-refractivity contribution in [3.8, 4) is 0 Å². The van der Waals surface area contributed by atoms with Crippen LogP contribution in [-0.2, 0) is 0 Å². The van der Waals surface area contributed by atoms with E-state index < -0.39 is 0 Å². The fourth-order valence-electron chi connectivity index (χ4n) is 5.29. The van der Waals surface area contributed by atoms with Gasteiger partial charge in [0, 0.05) is 0 Å². The molecular weight excluding hydrogens is 216 g/mol. The number of rotatable bonds is 1. The van der Waals surface area contributed by atoms with E-state index in [1.165, 1.54) is 32.1 Å². The van der Waals surface area contributed by atoms with Gasteiger partial charge in [-0.3, -0.25) is 0 Å². The summed E-state index contributed by atoms with van der Waals surface area (Å²) >= 11 is 0. The Morgan fingerprint density at radius 2 is 1.17 bits per heavy atom. The van der Waals surface area contributed by atoms with E-state index in [0.717, 1.165) is 29.6 Å². The first-order chi connectivity index (χ1) is 8.86. The minimum Gasteiger partial charge on any atom is -0.0683 e. The molecule has 0 aromatic carbocycles. The summed E-state index contributed by atoms with van der Waals surface area (Å²) in [4.78, 5) is 0. The van der Waals surface area contributed by atoms with Crippen LogP contribution in [0.25, 0.3) is 0 Å². The summed E-state index contributed by atoms with van der Waals surface area (Å²) in [7, 11) is 0. The zero-order chi connectivity index (χ0) is 13.0. The Morgan fingerprint density at radius 3 is 1.83 bits per heavy atom. The van der Waals surface area contributed by atoms with Crippen molar-refractivity contribution in [1.82, 2.24) is 0 Å². The maximum Gasteiger partial charge on any atom is -0.0355 e. The number of fused-ring (bicyclic) bond motifs is 1. The molecule has 0 aliphatic heterocycles. The van der Waals surface area contributed by atoms with Gasteiger partial charge in [0.05, 0.1) is 0 Å². The maximum absolute atomic E-state index is 2.59. The van der Waals surface area contributed by atoms with Crippen LogP contribution in [0.5, 0.6) is 0 Å². The summed E-state index contributed by atoms with van der Waals surface area (Å²) in [6, 6.07) is 0. The average Bonchev–Trinajstić information content (AvgIpc) is 2.80. The van der Waals surface area contributed by atoms with Crippen molar-refractivity contribution in [3.05, 3.63) is 0 Å². The molecule has 0 saturated heterocycles. The molecule has 3 aliphatic carbocycles. The van der Waals surface area contributed by atoms with Crippen LogP contribution in [0.2, 0.25) is 0 Å². The molecule has 0 heteroatoms. The molecule has 0 spiro atoms. The Kier molecular flexibility index (Phi) is 5.57. The highest BCUT2D eigenvalue weighted by Crippen LogP contribution is 2.53. The second-order valence-electron chi connectivity index (χ2n) is 6.87. The van der Waals surface area contributed by atoms with Gasteiger partial charge in [0.15, 0.2) is 0 Å². The fourth-order valence-corrected chi connectivity index (χ4v) is 5.29. The fraction of sp³-hybridized carbons (Fsp3) is 1.00. The van der Waals surface area contributed by atoms with E-state index in [9.17, 15) is 0 Å². The predicted octanol–water partition coefficient (Wildman–Crippen LogP) is 6.06. The van der Waals surface area contributed by atoms with E-state index in [2.05, 4.69) is 6.92 Å². The van der Waals surface area contributed by atoms with Crippen LogP contribution < -0.4 is 0 Å². The molecule has 0 radical (unpaired) electrons. The van der Waals surface area contributed by atoms with E-state index in [1.807, 2.05) is 13.8 Å². The molecule has 3 rings (SSSR count). The standard InChI is InChI=1S/C16H28.C2H6/c1-12-15-10-6-5-9-14(15)11-16(12)13-7-3-2-4-8-13;1-2/h12-16H,2-11H2,1H3;1-2H3. The van der Waals surface area contributed by atoms with Crippen LogP contribution in [0.3, 0.4) is 0 Å². The number of hydrogen-bond acceptors (Lipinski definition) is 0. The van der Waals surface area contributed by atoms with Gasteiger partial charge in [0.1, 0.15) is 0 Å². The van der Waals surface area contributed by atoms with Crippen LogP contribution in [0, 0.1) is 29.6 Å². The van der Waals surface area contributed by atoms with Gasteiger partial charge in [-0.2, -0.15) is 0 Å². The van der Waals surface area contributed by atoms with Crippen molar-refractivity contribution in [2.24, 2.45) is 29.6 Å². The second-order valence-corrected chi connectivity index (χ2v) is 6.87. The highest BCUT2D eigenvalue weighted by atomic mass is 14.5. The second kappa shape index (κ2) is 6.96. The first-order valence-electron chi connectivity index (χ1n) is 8.86. The van der Waals surface area contributed by atoms with Crippen LogP contribution >= 0.6 is 0 Å². The number of hydrogen-bond donors (Lipinski definition) is 0. The van der Waals surface area contributed by atoms with Gasteiger partial charge in [-0.25, -0.2) is 0 Å². The molecule has 0 amide bonds. The molecule has 0 heterocycles. The molecule has 3 fully saturated rings. The predicted molar refractivity (Wildman–Crippen MR) is 80.6 cm³/mol. The van der Waals surface area contributed by atoms with Gasteiger partial charge in [-0.15, -0.1) is 0 Å². The van der Waals surface area contributed by atoms with Crippen molar-refractivity contribution < 1.29 is 0 Å². The highest BCUT2D eigenvalue weighted by molar-refractivity contribution is 4.93. The van der Waals surface area contributed by atoms with E-state index in [1.54, 1.807) is 32.1 Å². The first kappa shape index (κ1) is 14.4. The molecule has 0 aromatic heterocycles. The third-order valence-corrected chi connectivity index (χ3v) is 6.15. The molecule has 4 atom stereocenters. The third kappa shape index (κ3) is 2.94. The minimum atomic E-state index is 1.06. The monoisotopic (exact) mass is 250 g/mol. The smallest absolute Gasteiger partial charge is 0.0355 e. The SMILES string of the molecule is CC.CC1C2CCCCC2CC1C1CCCCC1. The van der Waals surface area contributed by atoms with Gasteiger partial charge >= 0.3 is 0 Å². The van der Waals surface area contributed by atoms with Crippen LogP contribution in [0.1, 0.15) is 85.0 Å². The van der Waals surface area contributed by atoms with Crippen molar-refractivity contribution in [1.29, 1.82) is 0 Å². The summed E-state index contributed by atoms with van der Waals surface area (Å²) in [5, 5.41) is 0. The van der Waals surface area contributed by atoms with Crippen LogP contribution in [-0.4, -0.2) is 0 Å². The van der Waals surface area contributed by atoms with Gasteiger partial charge in [-0.05, 0) is 42.4 Å². The molecule has 0 N–H and O–H groups in total. The minimum absolute atomic E-state index is 1.06. The molecule has 18 heavy (non-hydrogen) atoms. The summed E-state index contributed by atoms with van der Waals surface area (Å²) in [5.74, 6) is 5.56. The summed E-state index contributed by atoms with van der Waals surface area (Å²) in [5.41, 5.74) is 0. The Hall–Kier alpha value is 0. The molecule has 106 valence electrons. The quantitative estimate of drug-likeness (QED) is 0.531. The molecule has 0 nitrogen and oxygen atoms in total.